The Kier molecular flexibility index (Phi) is 13.4. The van der Waals surface area contributed by atoms with Crippen LogP contribution in [0, 0.1) is 17.9 Å². The van der Waals surface area contributed by atoms with Crippen LogP contribution in [0.4, 0.5) is 0 Å². The molecule has 2 heterocycles. The smallest absolute Gasteiger partial charge is 0.162 e. The topological polar surface area (TPSA) is 63.1 Å². The van der Waals surface area contributed by atoms with Crippen molar-refractivity contribution in [2.75, 3.05) is 0 Å². The van der Waals surface area contributed by atoms with Crippen LogP contribution in [0.1, 0.15) is 98.3 Å². The summed E-state index contributed by atoms with van der Waals surface area (Å²) in [6, 6.07) is 21.2. The molecule has 6 rings (SSSR count). The molecule has 263 valence electrons. The maximum Gasteiger partial charge on any atom is 0.162 e. The van der Waals surface area contributed by atoms with Crippen molar-refractivity contribution in [3.8, 4) is 11.3 Å². The van der Waals surface area contributed by atoms with Gasteiger partial charge in [-0.2, -0.15) is 0 Å². The molecule has 1 saturated carbocycles. The number of hydrogen-bond donors (Lipinski definition) is 1. The van der Waals surface area contributed by atoms with Crippen molar-refractivity contribution in [1.29, 1.82) is 0 Å². The molecule has 0 saturated heterocycles. The van der Waals surface area contributed by atoms with Crippen molar-refractivity contribution in [2.45, 2.75) is 111 Å². The van der Waals surface area contributed by atoms with Crippen molar-refractivity contribution in [3.63, 3.8) is 0 Å². The summed E-state index contributed by atoms with van der Waals surface area (Å²) in [5.41, 5.74) is 4.19. The summed E-state index contributed by atoms with van der Waals surface area (Å²) < 4.78 is 11.4. The van der Waals surface area contributed by atoms with Gasteiger partial charge in [-0.1, -0.05) is 108 Å². The number of nitrogens with zero attached hydrogens (tertiary/aromatic N) is 2. The zero-order valence-corrected chi connectivity index (χ0v) is 34.5. The molecule has 3 aromatic carbocycles. The minimum absolute atomic E-state index is 0. The van der Waals surface area contributed by atoms with Gasteiger partial charge in [0.2, 0.25) is 0 Å². The Bertz CT molecular complexity index is 1950. The number of aliphatic hydroxyl groups is 1. The normalized spacial score (nSPS) is 15.3. The first-order valence-electron chi connectivity index (χ1n) is 18.5. The van der Waals surface area contributed by atoms with E-state index >= 15 is 0 Å². The molecular weight excluding hydrogens is 817 g/mol. The average molecular weight is 871 g/mol. The molecule has 2 aromatic heterocycles. The number of carbonyl (C=O) groups excluding carboxylic acids is 1. The van der Waals surface area contributed by atoms with Crippen molar-refractivity contribution in [1.82, 2.24) is 9.97 Å². The monoisotopic (exact) mass is 871 g/mol. The Morgan fingerprint density at radius 2 is 1.63 bits per heavy atom. The Labute approximate surface area is 313 Å². The minimum atomic E-state index is -1.58. The van der Waals surface area contributed by atoms with E-state index in [-0.39, 0.29) is 43.5 Å². The number of aliphatic hydroxyl groups excluding tert-OH is 1. The molecule has 0 bridgehead atoms. The van der Waals surface area contributed by atoms with Gasteiger partial charge in [0.05, 0.1) is 19.3 Å². The molecule has 0 atom stereocenters. The number of fused-ring (bicyclic) bond motifs is 4. The number of benzene rings is 3. The van der Waals surface area contributed by atoms with Crippen molar-refractivity contribution in [3.05, 3.63) is 78.3 Å². The van der Waals surface area contributed by atoms with Gasteiger partial charge in [0.25, 0.3) is 0 Å². The number of ketones is 1. The largest absolute Gasteiger partial charge is 0.512 e. The molecule has 7 heteroatoms. The van der Waals surface area contributed by atoms with Crippen LogP contribution in [-0.4, -0.2) is 28.9 Å². The molecule has 49 heavy (non-hydrogen) atoms. The summed E-state index contributed by atoms with van der Waals surface area (Å²) >= 11 is 1.76. The van der Waals surface area contributed by atoms with Gasteiger partial charge in [0.1, 0.15) is 6.33 Å². The summed E-state index contributed by atoms with van der Waals surface area (Å²) in [5, 5.41) is 14.8. The number of carbonyl (C=O) groups is 1. The molecule has 1 fully saturated rings. The molecule has 0 amide bonds. The first-order valence-corrected chi connectivity index (χ1v) is 22.3. The third-order valence-corrected chi connectivity index (χ3v) is 13.2. The number of hydrogen-bond acceptors (Lipinski definition) is 5. The number of aromatic nitrogens is 2. The zero-order valence-electron chi connectivity index (χ0n) is 31.3. The Morgan fingerprint density at radius 3 is 2.29 bits per heavy atom. The molecule has 0 unspecified atom stereocenters. The average Bonchev–Trinajstić information content (AvgIpc) is 3.47. The van der Waals surface area contributed by atoms with Crippen LogP contribution in [-0.2, 0) is 24.9 Å². The van der Waals surface area contributed by atoms with Crippen LogP contribution >= 0.6 is 11.3 Å². The van der Waals surface area contributed by atoms with Crippen molar-refractivity contribution >= 4 is 61.5 Å². The zero-order chi connectivity index (χ0) is 35.3. The van der Waals surface area contributed by atoms with E-state index in [2.05, 4.69) is 74.2 Å². The van der Waals surface area contributed by atoms with E-state index in [4.69, 9.17) is 11.3 Å². The molecule has 1 aliphatic rings. The molecule has 0 spiro atoms. The maximum atomic E-state index is 11.7. The summed E-state index contributed by atoms with van der Waals surface area (Å²) in [7, 11) is -1.58. The Hall–Kier alpha value is -2.70. The van der Waals surface area contributed by atoms with Crippen LogP contribution in [0.5, 0.6) is 0 Å². The Balaban J connectivity index is 0.000000301. The molecule has 0 aliphatic heterocycles. The van der Waals surface area contributed by atoms with E-state index in [1.165, 1.54) is 27.8 Å². The van der Waals surface area contributed by atoms with Gasteiger partial charge in [0, 0.05) is 59.9 Å². The second kappa shape index (κ2) is 17.5. The summed E-state index contributed by atoms with van der Waals surface area (Å²) in [4.78, 5) is 21.2. The van der Waals surface area contributed by atoms with Gasteiger partial charge in [-0.25, -0.2) is 4.98 Å². The second-order valence-electron chi connectivity index (χ2n) is 14.3. The number of thiophene rings is 1. The fraction of sp³-hybridized carbons (Fsp3) is 0.452. The van der Waals surface area contributed by atoms with Gasteiger partial charge in [0.15, 0.2) is 5.78 Å². The van der Waals surface area contributed by atoms with Gasteiger partial charge in [-0.3, -0.25) is 9.78 Å². The molecular formula is C42H53IrN2O2SSi-. The predicted octanol–water partition coefficient (Wildman–Crippen LogP) is 11.9. The molecule has 1 N–H and O–H groups in total. The van der Waals surface area contributed by atoms with Gasteiger partial charge < -0.3 is 5.11 Å². The van der Waals surface area contributed by atoms with Crippen LogP contribution in [0.3, 0.4) is 0 Å². The van der Waals surface area contributed by atoms with E-state index in [0.29, 0.717) is 0 Å². The standard InChI is InChI=1S/C29H29N2SSi.C13H24O2.Ir/c1-33(2,3)26-17-22(15-21-11-7-8-12-23(21)26)27-29-28(31-18-30-27)24-14-13-20(16-25(24)32-29)19-9-5-4-6-10-19;1-5-10(6-2)12(14)9-13(15)11(7-3)8-4;/h7-8,11-14,16-19H,4-6,9-10H2,1-3H3;9-11,14H,5-8H2,1-4H3;/q-1;;/b;12-9-;/i19D;;. The quantitative estimate of drug-likeness (QED) is 0.0657. The van der Waals surface area contributed by atoms with Gasteiger partial charge in [-0.15, -0.1) is 40.1 Å². The minimum Gasteiger partial charge on any atom is -0.512 e. The predicted molar refractivity (Wildman–Crippen MR) is 209 cm³/mol. The molecule has 1 aliphatic carbocycles. The molecule has 5 aromatic rings. The molecule has 1 radical (unpaired) electrons. The first kappa shape index (κ1) is 37.5. The fourth-order valence-electron chi connectivity index (χ4n) is 7.01. The number of rotatable bonds is 10. The van der Waals surface area contributed by atoms with Crippen molar-refractivity contribution in [2.24, 2.45) is 11.8 Å². The second-order valence-corrected chi connectivity index (χ2v) is 20.4. The fourth-order valence-corrected chi connectivity index (χ4v) is 9.81. The van der Waals surface area contributed by atoms with Crippen LogP contribution in [0.15, 0.2) is 66.7 Å². The first-order chi connectivity index (χ1) is 23.4. The third-order valence-electron chi connectivity index (χ3n) is 10.0. The van der Waals surface area contributed by atoms with Crippen LogP contribution in [0.2, 0.25) is 19.6 Å². The van der Waals surface area contributed by atoms with E-state index in [1.807, 2.05) is 27.7 Å². The van der Waals surface area contributed by atoms with Gasteiger partial charge >= 0.3 is 0 Å². The third kappa shape index (κ3) is 8.97. The van der Waals surface area contributed by atoms with Crippen LogP contribution < -0.4 is 5.19 Å². The number of allylic oxidation sites excluding steroid dienone is 2. The van der Waals surface area contributed by atoms with E-state index < -0.39 is 14.0 Å². The Morgan fingerprint density at radius 1 is 0.959 bits per heavy atom. The van der Waals surface area contributed by atoms with Gasteiger partial charge in [-0.05, 0) is 56.0 Å². The van der Waals surface area contributed by atoms with Crippen molar-refractivity contribution < 1.29 is 31.4 Å². The van der Waals surface area contributed by atoms with E-state index in [9.17, 15) is 9.90 Å². The maximum absolute atomic E-state index is 11.7. The summed E-state index contributed by atoms with van der Waals surface area (Å²) in [5.74, 6) is 0.0984. The van der Waals surface area contributed by atoms with E-state index in [0.717, 1.165) is 89.2 Å². The summed E-state index contributed by atoms with van der Waals surface area (Å²) in [6.45, 7) is 15.3. The van der Waals surface area contributed by atoms with E-state index in [1.54, 1.807) is 17.7 Å². The molecule has 4 nitrogen and oxygen atoms in total. The SMILES string of the molecule is CCC(CC)C(=O)/C=C(\O)C(CC)CC.[2H]C1(c2ccc3c(c2)sc2c(-c4[c-]c5ccccc5c([Si](C)(C)C)c4)ncnc23)CCCCC1.[Ir]. The summed E-state index contributed by atoms with van der Waals surface area (Å²) in [6.07, 6.45) is 12.1. The van der Waals surface area contributed by atoms with Crippen LogP contribution in [0.25, 0.3) is 42.3 Å².